The first-order valence-electron chi connectivity index (χ1n) is 26.8. The van der Waals surface area contributed by atoms with Gasteiger partial charge in [0.1, 0.15) is 6.10 Å². The number of carbonyl (C=O) groups excluding carboxylic acids is 1. The Labute approximate surface area is 374 Å². The molecular weight excluding hydrogens is 739 g/mol. The van der Waals surface area contributed by atoms with Crippen LogP contribution in [0.25, 0.3) is 0 Å². The molecule has 5 heteroatoms. The van der Waals surface area contributed by atoms with E-state index in [2.05, 4.69) is 43.5 Å². The fraction of sp³-hybridized carbons (Fsp3) is 0.873. The van der Waals surface area contributed by atoms with Gasteiger partial charge in [-0.05, 0) is 57.8 Å². The molecule has 0 saturated carbocycles. The third kappa shape index (κ3) is 44.6. The molecule has 0 aliphatic rings. The van der Waals surface area contributed by atoms with E-state index in [1.165, 1.54) is 225 Å². The lowest BCUT2D eigenvalue weighted by atomic mass is 10.0. The van der Waals surface area contributed by atoms with E-state index in [1.54, 1.807) is 6.08 Å². The fourth-order valence-electron chi connectivity index (χ4n) is 8.26. The van der Waals surface area contributed by atoms with Crippen molar-refractivity contribution in [1.82, 2.24) is 5.32 Å². The first-order valence-corrected chi connectivity index (χ1v) is 26.8. The van der Waals surface area contributed by atoms with Crippen LogP contribution in [0.15, 0.2) is 36.5 Å². The summed E-state index contributed by atoms with van der Waals surface area (Å²) in [5, 5.41) is 33.1. The fourth-order valence-corrected chi connectivity index (χ4v) is 8.26. The summed E-state index contributed by atoms with van der Waals surface area (Å²) in [6, 6.07) is -0.812. The largest absolute Gasteiger partial charge is 0.394 e. The van der Waals surface area contributed by atoms with Crippen LogP contribution in [0.2, 0.25) is 0 Å². The molecule has 0 spiro atoms. The highest BCUT2D eigenvalue weighted by Gasteiger charge is 2.22. The minimum absolute atomic E-state index is 0.375. The standard InChI is InChI=1S/C55H105NO4/c1-3-5-7-9-11-13-15-16-17-18-19-20-21-22-23-24-25-26-27-28-29-30-31-32-33-34-35-36-37-38-39-40-42-44-46-48-50-54(59)55(60)56-52(51-57)53(58)49-47-45-43-41-14-12-10-8-6-4-2/h14,26-27,41,47,49,52-54,57-59H,3-13,15-25,28-40,42-46,48,50-51H2,1-2H3,(H,56,60)/b27-26-,41-14+,49-47+. The van der Waals surface area contributed by atoms with Crippen molar-refractivity contribution in [3.63, 3.8) is 0 Å². The van der Waals surface area contributed by atoms with Crippen molar-refractivity contribution in [1.29, 1.82) is 0 Å². The Kier molecular flexibility index (Phi) is 49.0. The minimum Gasteiger partial charge on any atom is -0.394 e. The third-order valence-corrected chi connectivity index (χ3v) is 12.5. The van der Waals surface area contributed by atoms with Crippen LogP contribution >= 0.6 is 0 Å². The van der Waals surface area contributed by atoms with Gasteiger partial charge in [-0.1, -0.05) is 262 Å². The number of aliphatic hydroxyl groups is 3. The molecule has 0 heterocycles. The lowest BCUT2D eigenvalue weighted by Crippen LogP contribution is -2.48. The lowest BCUT2D eigenvalue weighted by molar-refractivity contribution is -0.131. The van der Waals surface area contributed by atoms with Gasteiger partial charge in [-0.3, -0.25) is 4.79 Å². The highest BCUT2D eigenvalue weighted by atomic mass is 16.3. The molecule has 0 aromatic heterocycles. The van der Waals surface area contributed by atoms with E-state index < -0.39 is 24.2 Å². The molecule has 0 fully saturated rings. The number of aliphatic hydroxyl groups excluding tert-OH is 3. The van der Waals surface area contributed by atoms with E-state index >= 15 is 0 Å². The second-order valence-corrected chi connectivity index (χ2v) is 18.4. The second-order valence-electron chi connectivity index (χ2n) is 18.4. The van der Waals surface area contributed by atoms with Gasteiger partial charge in [-0.2, -0.15) is 0 Å². The van der Waals surface area contributed by atoms with E-state index in [1.807, 2.05) is 6.08 Å². The molecule has 0 aromatic rings. The average molecular weight is 844 g/mol. The topological polar surface area (TPSA) is 89.8 Å². The summed E-state index contributed by atoms with van der Waals surface area (Å²) in [6.45, 7) is 4.15. The molecule has 0 aliphatic heterocycles. The molecule has 0 radical (unpaired) electrons. The van der Waals surface area contributed by atoms with E-state index in [0.29, 0.717) is 6.42 Å². The molecule has 4 N–H and O–H groups in total. The molecule has 1 amide bonds. The number of allylic oxidation sites excluding steroid dienone is 5. The molecule has 0 saturated heterocycles. The smallest absolute Gasteiger partial charge is 0.249 e. The minimum atomic E-state index is -1.10. The Bertz CT molecular complexity index is 931. The molecule has 354 valence electrons. The summed E-state index contributed by atoms with van der Waals surface area (Å²) >= 11 is 0. The predicted molar refractivity (Wildman–Crippen MR) is 264 cm³/mol. The number of rotatable bonds is 49. The summed E-state index contributed by atoms with van der Waals surface area (Å²) in [7, 11) is 0. The van der Waals surface area contributed by atoms with Crippen molar-refractivity contribution in [3.05, 3.63) is 36.5 Å². The van der Waals surface area contributed by atoms with Crippen LogP contribution < -0.4 is 5.32 Å². The maximum Gasteiger partial charge on any atom is 0.249 e. The Balaban J connectivity index is 3.45. The maximum absolute atomic E-state index is 12.5. The summed E-state index contributed by atoms with van der Waals surface area (Å²) in [5.74, 6) is -0.513. The van der Waals surface area contributed by atoms with Crippen LogP contribution in [0.1, 0.15) is 284 Å². The second kappa shape index (κ2) is 50.2. The third-order valence-electron chi connectivity index (χ3n) is 12.5. The summed E-state index contributed by atoms with van der Waals surface area (Å²) in [6.07, 6.45) is 65.3. The van der Waals surface area contributed by atoms with E-state index in [0.717, 1.165) is 38.5 Å². The van der Waals surface area contributed by atoms with Crippen molar-refractivity contribution in [2.24, 2.45) is 0 Å². The zero-order chi connectivity index (χ0) is 43.7. The summed E-state index contributed by atoms with van der Waals surface area (Å²) in [5.41, 5.74) is 0. The van der Waals surface area contributed by atoms with Gasteiger partial charge < -0.3 is 20.6 Å². The molecule has 3 unspecified atom stereocenters. The number of unbranched alkanes of at least 4 members (excludes halogenated alkanes) is 37. The molecule has 60 heavy (non-hydrogen) atoms. The van der Waals surface area contributed by atoms with Crippen LogP contribution in [-0.4, -0.2) is 46.1 Å². The molecule has 3 atom stereocenters. The number of hydrogen-bond donors (Lipinski definition) is 4. The van der Waals surface area contributed by atoms with Gasteiger partial charge in [0, 0.05) is 0 Å². The van der Waals surface area contributed by atoms with Crippen molar-refractivity contribution in [2.45, 2.75) is 302 Å². The molecule has 0 aromatic carbocycles. The number of nitrogens with one attached hydrogen (secondary N) is 1. The molecule has 5 nitrogen and oxygen atoms in total. The Morgan fingerprint density at radius 3 is 1.03 bits per heavy atom. The monoisotopic (exact) mass is 844 g/mol. The van der Waals surface area contributed by atoms with Gasteiger partial charge >= 0.3 is 0 Å². The van der Waals surface area contributed by atoms with Gasteiger partial charge in [-0.25, -0.2) is 0 Å². The predicted octanol–water partition coefficient (Wildman–Crippen LogP) is 16.3. The molecular formula is C55H105NO4. The van der Waals surface area contributed by atoms with Crippen molar-refractivity contribution < 1.29 is 20.1 Å². The quantitative estimate of drug-likeness (QED) is 0.0363. The van der Waals surface area contributed by atoms with Crippen LogP contribution in [-0.2, 0) is 4.79 Å². The van der Waals surface area contributed by atoms with Crippen LogP contribution in [0.5, 0.6) is 0 Å². The van der Waals surface area contributed by atoms with Gasteiger partial charge in [0.05, 0.1) is 18.8 Å². The van der Waals surface area contributed by atoms with Crippen molar-refractivity contribution in [2.75, 3.05) is 6.61 Å². The lowest BCUT2D eigenvalue weighted by Gasteiger charge is -2.21. The first-order chi connectivity index (χ1) is 29.6. The SMILES string of the molecule is CCCCCC/C=C/CC/C=C/C(O)C(CO)NC(=O)C(O)CCCCCCCCCCCCCCCCCC/C=C\CCCCCCCCCCCCCCCCCC. The molecule has 0 rings (SSSR count). The van der Waals surface area contributed by atoms with E-state index in [9.17, 15) is 20.1 Å². The zero-order valence-corrected chi connectivity index (χ0v) is 40.4. The van der Waals surface area contributed by atoms with Crippen LogP contribution in [0.3, 0.4) is 0 Å². The zero-order valence-electron chi connectivity index (χ0n) is 40.4. The van der Waals surface area contributed by atoms with Crippen molar-refractivity contribution >= 4 is 5.91 Å². The van der Waals surface area contributed by atoms with E-state index in [-0.39, 0.29) is 6.61 Å². The molecule has 0 bridgehead atoms. The Morgan fingerprint density at radius 1 is 0.400 bits per heavy atom. The van der Waals surface area contributed by atoms with E-state index in [4.69, 9.17) is 0 Å². The first kappa shape index (κ1) is 58.6. The van der Waals surface area contributed by atoms with Crippen LogP contribution in [0, 0.1) is 0 Å². The maximum atomic E-state index is 12.5. The molecule has 0 aliphatic carbocycles. The van der Waals surface area contributed by atoms with Gasteiger partial charge in [-0.15, -0.1) is 0 Å². The number of carbonyl (C=O) groups is 1. The Morgan fingerprint density at radius 2 is 0.683 bits per heavy atom. The van der Waals surface area contributed by atoms with Gasteiger partial charge in [0.2, 0.25) is 5.91 Å². The highest BCUT2D eigenvalue weighted by molar-refractivity contribution is 5.80. The van der Waals surface area contributed by atoms with Crippen molar-refractivity contribution in [3.8, 4) is 0 Å². The van der Waals surface area contributed by atoms with Gasteiger partial charge in [0.15, 0.2) is 0 Å². The number of hydrogen-bond acceptors (Lipinski definition) is 4. The van der Waals surface area contributed by atoms with Gasteiger partial charge in [0.25, 0.3) is 0 Å². The number of amides is 1. The summed E-state index contributed by atoms with van der Waals surface area (Å²) < 4.78 is 0. The summed E-state index contributed by atoms with van der Waals surface area (Å²) in [4.78, 5) is 12.5. The highest BCUT2D eigenvalue weighted by Crippen LogP contribution is 2.17. The Hall–Kier alpha value is -1.43. The van der Waals surface area contributed by atoms with Crippen LogP contribution in [0.4, 0.5) is 0 Å². The normalized spacial score (nSPS) is 13.6. The average Bonchev–Trinajstić information content (AvgIpc) is 3.25.